The Bertz CT molecular complexity index is 632. The molecule has 3 rings (SSSR count). The number of nitrogens with one attached hydrogen (secondary N) is 2. The third-order valence-corrected chi connectivity index (χ3v) is 7.75. The van der Waals surface area contributed by atoms with Gasteiger partial charge in [-0.25, -0.2) is 9.52 Å². The van der Waals surface area contributed by atoms with E-state index in [2.05, 4.69) is 10.0 Å². The number of urea groups is 1. The predicted molar refractivity (Wildman–Crippen MR) is 107 cm³/mol. The summed E-state index contributed by atoms with van der Waals surface area (Å²) in [7, 11) is -3.88. The Morgan fingerprint density at radius 3 is 1.89 bits per heavy atom. The van der Waals surface area contributed by atoms with Crippen molar-refractivity contribution in [2.24, 2.45) is 5.92 Å². The lowest BCUT2D eigenvalue weighted by Crippen LogP contribution is -2.56. The summed E-state index contributed by atoms with van der Waals surface area (Å²) in [6.45, 7) is 1.23. The molecule has 8 nitrogen and oxygen atoms in total. The number of rotatable bonds is 4. The Morgan fingerprint density at radius 1 is 0.750 bits per heavy atom. The van der Waals surface area contributed by atoms with Crippen LogP contribution in [0.15, 0.2) is 0 Å². The van der Waals surface area contributed by atoms with E-state index in [1.807, 2.05) is 0 Å². The maximum Gasteiger partial charge on any atom is 0.329 e. The van der Waals surface area contributed by atoms with Crippen LogP contribution >= 0.6 is 0 Å². The first-order chi connectivity index (χ1) is 13.5. The van der Waals surface area contributed by atoms with Gasteiger partial charge < -0.3 is 10.2 Å². The molecule has 160 valence electrons. The summed E-state index contributed by atoms with van der Waals surface area (Å²) >= 11 is 0. The van der Waals surface area contributed by atoms with E-state index in [4.69, 9.17) is 0 Å². The fourth-order valence-corrected chi connectivity index (χ4v) is 5.64. The van der Waals surface area contributed by atoms with Gasteiger partial charge in [0.15, 0.2) is 0 Å². The Hall–Kier alpha value is -1.35. The lowest BCUT2D eigenvalue weighted by Gasteiger charge is -2.36. The monoisotopic (exact) mass is 414 g/mol. The molecule has 3 amide bonds. The van der Waals surface area contributed by atoms with Crippen LogP contribution in [0.1, 0.15) is 70.6 Å². The molecule has 0 unspecified atom stereocenters. The number of piperazine rings is 1. The summed E-state index contributed by atoms with van der Waals surface area (Å²) in [6.07, 6.45) is 11.6. The van der Waals surface area contributed by atoms with Crippen LogP contribution in [0.2, 0.25) is 0 Å². The van der Waals surface area contributed by atoms with Gasteiger partial charge in [-0.2, -0.15) is 12.7 Å². The third-order valence-electron chi connectivity index (χ3n) is 6.26. The highest BCUT2D eigenvalue weighted by Crippen LogP contribution is 2.26. The van der Waals surface area contributed by atoms with Crippen molar-refractivity contribution in [1.82, 2.24) is 19.2 Å². The molecule has 9 heteroatoms. The zero-order chi connectivity index (χ0) is 20.0. The summed E-state index contributed by atoms with van der Waals surface area (Å²) in [6, 6.07) is -0.602. The van der Waals surface area contributed by atoms with Gasteiger partial charge in [-0.15, -0.1) is 0 Å². The average Bonchev–Trinajstić information content (AvgIpc) is 2.96. The van der Waals surface area contributed by atoms with Crippen LogP contribution in [0.25, 0.3) is 0 Å². The summed E-state index contributed by atoms with van der Waals surface area (Å²) in [4.78, 5) is 26.6. The number of carbonyl (C=O) groups excluding carboxylic acids is 2. The van der Waals surface area contributed by atoms with Gasteiger partial charge in [0.1, 0.15) is 0 Å². The molecule has 2 N–H and O–H groups in total. The molecule has 0 aromatic heterocycles. The van der Waals surface area contributed by atoms with E-state index in [0.717, 1.165) is 51.4 Å². The van der Waals surface area contributed by atoms with E-state index in [-0.39, 0.29) is 31.0 Å². The van der Waals surface area contributed by atoms with Crippen molar-refractivity contribution in [3.8, 4) is 0 Å². The Labute approximate surface area is 168 Å². The molecule has 1 aliphatic heterocycles. The summed E-state index contributed by atoms with van der Waals surface area (Å²) in [5, 5.41) is 2.80. The molecular formula is C19H34N4O4S. The van der Waals surface area contributed by atoms with Crippen LogP contribution in [0.5, 0.6) is 0 Å². The van der Waals surface area contributed by atoms with Crippen LogP contribution in [-0.2, 0) is 15.0 Å². The summed E-state index contributed by atoms with van der Waals surface area (Å²) in [5.41, 5.74) is 0. The summed E-state index contributed by atoms with van der Waals surface area (Å²) in [5.74, 6) is 0.260. The minimum atomic E-state index is -3.88. The van der Waals surface area contributed by atoms with Crippen LogP contribution in [0.3, 0.4) is 0 Å². The standard InChI is InChI=1S/C19H34N4O4S/c24-18(16-8-4-3-5-9-16)22-12-14-23(15-13-22)28(26,27)21-19(25)20-17-10-6-1-2-7-11-17/h16-17H,1-15H2,(H2,20,21,25). The average molecular weight is 415 g/mol. The maximum atomic E-state index is 12.6. The molecule has 28 heavy (non-hydrogen) atoms. The molecule has 3 fully saturated rings. The van der Waals surface area contributed by atoms with E-state index in [1.165, 1.54) is 23.6 Å². The smallest absolute Gasteiger partial charge is 0.329 e. The first-order valence-corrected chi connectivity index (χ1v) is 12.3. The molecule has 2 aliphatic carbocycles. The first-order valence-electron chi connectivity index (χ1n) is 10.8. The molecule has 3 aliphatic rings. The molecule has 0 radical (unpaired) electrons. The van der Waals surface area contributed by atoms with E-state index in [9.17, 15) is 18.0 Å². The lowest BCUT2D eigenvalue weighted by atomic mass is 9.88. The molecular weight excluding hydrogens is 380 g/mol. The predicted octanol–water partition coefficient (Wildman–Crippen LogP) is 1.98. The van der Waals surface area contributed by atoms with E-state index in [1.54, 1.807) is 4.90 Å². The van der Waals surface area contributed by atoms with Crippen molar-refractivity contribution in [2.75, 3.05) is 26.2 Å². The van der Waals surface area contributed by atoms with E-state index < -0.39 is 16.2 Å². The van der Waals surface area contributed by atoms with Gasteiger partial charge in [0.25, 0.3) is 0 Å². The Balaban J connectivity index is 1.45. The van der Waals surface area contributed by atoms with Gasteiger partial charge in [-0.3, -0.25) is 4.79 Å². The maximum absolute atomic E-state index is 12.6. The van der Waals surface area contributed by atoms with Crippen LogP contribution < -0.4 is 10.0 Å². The minimum Gasteiger partial charge on any atom is -0.340 e. The van der Waals surface area contributed by atoms with Crippen molar-refractivity contribution in [3.63, 3.8) is 0 Å². The van der Waals surface area contributed by atoms with Crippen molar-refractivity contribution < 1.29 is 18.0 Å². The van der Waals surface area contributed by atoms with Crippen LogP contribution in [-0.4, -0.2) is 61.8 Å². The van der Waals surface area contributed by atoms with Gasteiger partial charge in [-0.05, 0) is 25.7 Å². The highest BCUT2D eigenvalue weighted by Gasteiger charge is 2.33. The van der Waals surface area contributed by atoms with Gasteiger partial charge >= 0.3 is 16.2 Å². The molecule has 0 bridgehead atoms. The van der Waals surface area contributed by atoms with Gasteiger partial charge in [0.05, 0.1) is 0 Å². The van der Waals surface area contributed by atoms with Gasteiger partial charge in [0, 0.05) is 38.1 Å². The molecule has 0 atom stereocenters. The van der Waals surface area contributed by atoms with Crippen molar-refractivity contribution in [3.05, 3.63) is 0 Å². The van der Waals surface area contributed by atoms with Crippen molar-refractivity contribution >= 4 is 22.1 Å². The van der Waals surface area contributed by atoms with Crippen molar-refractivity contribution in [1.29, 1.82) is 0 Å². The van der Waals surface area contributed by atoms with Crippen LogP contribution in [0, 0.1) is 5.92 Å². The van der Waals surface area contributed by atoms with Crippen LogP contribution in [0.4, 0.5) is 4.79 Å². The zero-order valence-corrected chi connectivity index (χ0v) is 17.5. The number of hydrogen-bond donors (Lipinski definition) is 2. The quantitative estimate of drug-likeness (QED) is 0.687. The molecule has 2 saturated carbocycles. The number of carbonyl (C=O) groups is 2. The minimum absolute atomic E-state index is 0.0441. The highest BCUT2D eigenvalue weighted by molar-refractivity contribution is 7.87. The molecule has 0 spiro atoms. The SMILES string of the molecule is O=C(NC1CCCCCC1)NS(=O)(=O)N1CCN(C(=O)C2CCCCC2)CC1. The third kappa shape index (κ3) is 5.83. The molecule has 0 aromatic carbocycles. The lowest BCUT2D eigenvalue weighted by molar-refractivity contribution is -0.137. The van der Waals surface area contributed by atoms with Crippen molar-refractivity contribution in [2.45, 2.75) is 76.7 Å². The second kappa shape index (κ2) is 9.91. The second-order valence-corrected chi connectivity index (χ2v) is 10.00. The number of nitrogens with zero attached hydrogens (tertiary/aromatic N) is 2. The molecule has 1 heterocycles. The number of amides is 3. The largest absolute Gasteiger partial charge is 0.340 e. The number of hydrogen-bond acceptors (Lipinski definition) is 4. The first kappa shape index (κ1) is 21.4. The topological polar surface area (TPSA) is 98.8 Å². The fraction of sp³-hybridized carbons (Fsp3) is 0.895. The van der Waals surface area contributed by atoms with E-state index >= 15 is 0 Å². The Kier molecular flexibility index (Phi) is 7.56. The molecule has 1 saturated heterocycles. The zero-order valence-electron chi connectivity index (χ0n) is 16.7. The fourth-order valence-electron chi connectivity index (χ4n) is 4.58. The summed E-state index contributed by atoms with van der Waals surface area (Å²) < 4.78 is 28.5. The van der Waals surface area contributed by atoms with Gasteiger partial charge in [0.2, 0.25) is 5.91 Å². The second-order valence-electron chi connectivity index (χ2n) is 8.33. The molecule has 0 aromatic rings. The van der Waals surface area contributed by atoms with E-state index in [0.29, 0.717) is 13.1 Å². The normalized spacial score (nSPS) is 23.8. The van der Waals surface area contributed by atoms with Gasteiger partial charge in [-0.1, -0.05) is 44.9 Å². The highest BCUT2D eigenvalue weighted by atomic mass is 32.2. The Morgan fingerprint density at radius 2 is 1.29 bits per heavy atom.